The van der Waals surface area contributed by atoms with Crippen LogP contribution in [0.25, 0.3) is 0 Å². The Morgan fingerprint density at radius 3 is 2.57 bits per heavy atom. The monoisotopic (exact) mass is 422 g/mol. The van der Waals surface area contributed by atoms with E-state index in [0.29, 0.717) is 18.1 Å². The van der Waals surface area contributed by atoms with Crippen LogP contribution in [-0.2, 0) is 17.8 Å². The Kier molecular flexibility index (Phi) is 8.57. The fourth-order valence-corrected chi connectivity index (χ4v) is 3.19. The van der Waals surface area contributed by atoms with Gasteiger partial charge in [-0.2, -0.15) is 0 Å². The van der Waals surface area contributed by atoms with E-state index in [4.69, 9.17) is 11.6 Å². The van der Waals surface area contributed by atoms with Crippen LogP contribution in [0.2, 0.25) is 5.02 Å². The van der Waals surface area contributed by atoms with E-state index in [-0.39, 0.29) is 36.9 Å². The van der Waals surface area contributed by atoms with E-state index in [1.807, 2.05) is 24.3 Å². The molecule has 1 atom stereocenters. The molecule has 4 N–H and O–H groups in total. The van der Waals surface area contributed by atoms with Crippen LogP contribution < -0.4 is 21.3 Å². The van der Waals surface area contributed by atoms with Crippen LogP contribution >= 0.6 is 24.0 Å². The second-order valence-electron chi connectivity index (χ2n) is 6.42. The highest BCUT2D eigenvalue weighted by molar-refractivity contribution is 6.30. The molecule has 3 amide bonds. The van der Waals surface area contributed by atoms with E-state index in [0.717, 1.165) is 18.5 Å². The van der Waals surface area contributed by atoms with Gasteiger partial charge >= 0.3 is 6.03 Å². The third-order valence-corrected chi connectivity index (χ3v) is 4.75. The van der Waals surface area contributed by atoms with Gasteiger partial charge in [-0.25, -0.2) is 4.79 Å². The summed E-state index contributed by atoms with van der Waals surface area (Å²) in [7, 11) is 0. The summed E-state index contributed by atoms with van der Waals surface area (Å²) in [5.74, 6) is -0.221. The summed E-state index contributed by atoms with van der Waals surface area (Å²) < 4.78 is 0. The molecule has 0 saturated heterocycles. The number of carbonyl (C=O) groups excluding carboxylic acids is 2. The maximum Gasteiger partial charge on any atom is 0.315 e. The maximum absolute atomic E-state index is 12.0. The van der Waals surface area contributed by atoms with Gasteiger partial charge in [-0.1, -0.05) is 48.0 Å². The molecule has 2 aromatic rings. The van der Waals surface area contributed by atoms with Gasteiger partial charge in [0.05, 0.1) is 6.54 Å². The smallest absolute Gasteiger partial charge is 0.315 e. The molecule has 6 nitrogen and oxygen atoms in total. The molecule has 1 heterocycles. The number of halogens is 2. The van der Waals surface area contributed by atoms with E-state index in [1.54, 1.807) is 12.1 Å². The summed E-state index contributed by atoms with van der Waals surface area (Å²) in [5, 5.41) is 12.2. The lowest BCUT2D eigenvalue weighted by atomic mass is 9.94. The lowest BCUT2D eigenvalue weighted by Crippen LogP contribution is -2.44. The second kappa shape index (κ2) is 10.9. The molecule has 1 aliphatic rings. The number of hydrogen-bond acceptors (Lipinski definition) is 3. The fourth-order valence-electron chi connectivity index (χ4n) is 3.06. The molecule has 2 aromatic carbocycles. The Hall–Kier alpha value is -2.28. The largest absolute Gasteiger partial charge is 0.353 e. The van der Waals surface area contributed by atoms with E-state index in [2.05, 4.69) is 33.4 Å². The van der Waals surface area contributed by atoms with Gasteiger partial charge < -0.3 is 21.3 Å². The molecular weight excluding hydrogens is 399 g/mol. The van der Waals surface area contributed by atoms with Crippen molar-refractivity contribution in [1.82, 2.24) is 21.3 Å². The van der Waals surface area contributed by atoms with Crippen LogP contribution in [0.3, 0.4) is 0 Å². The molecule has 0 spiro atoms. The van der Waals surface area contributed by atoms with Gasteiger partial charge in [0.1, 0.15) is 0 Å². The third kappa shape index (κ3) is 6.41. The first-order valence-corrected chi connectivity index (χ1v) is 9.33. The lowest BCUT2D eigenvalue weighted by molar-refractivity contribution is -0.120. The highest BCUT2D eigenvalue weighted by atomic mass is 35.5. The van der Waals surface area contributed by atoms with Crippen molar-refractivity contribution < 1.29 is 9.59 Å². The SMILES string of the molecule is Cl.O=C(CNC(=O)NCc1ccc(Cl)cc1)NCC1NCCc2ccccc21. The summed E-state index contributed by atoms with van der Waals surface area (Å²) in [4.78, 5) is 23.8. The van der Waals surface area contributed by atoms with Crippen molar-refractivity contribution in [2.75, 3.05) is 19.6 Å². The standard InChI is InChI=1S/C20H23ClN4O2.ClH/c21-16-7-5-14(6-8-16)11-24-20(27)25-13-19(26)23-12-18-17-4-2-1-3-15(17)9-10-22-18;/h1-8,18,22H,9-13H2,(H,23,26)(H2,24,25,27);1H. The predicted molar refractivity (Wildman–Crippen MR) is 113 cm³/mol. The third-order valence-electron chi connectivity index (χ3n) is 4.49. The molecular formula is C20H24Cl2N4O2. The fraction of sp³-hybridized carbons (Fsp3) is 0.300. The predicted octanol–water partition coefficient (Wildman–Crippen LogP) is 2.56. The Morgan fingerprint density at radius 2 is 1.79 bits per heavy atom. The molecule has 0 aromatic heterocycles. The summed E-state index contributed by atoms with van der Waals surface area (Å²) in [6.07, 6.45) is 0.996. The summed E-state index contributed by atoms with van der Waals surface area (Å²) >= 11 is 5.82. The van der Waals surface area contributed by atoms with E-state index < -0.39 is 0 Å². The van der Waals surface area contributed by atoms with Crippen molar-refractivity contribution in [3.8, 4) is 0 Å². The van der Waals surface area contributed by atoms with Crippen LogP contribution in [-0.4, -0.2) is 31.6 Å². The summed E-state index contributed by atoms with van der Waals surface area (Å²) in [6, 6.07) is 15.2. The van der Waals surface area contributed by atoms with Crippen LogP contribution in [0.4, 0.5) is 4.79 Å². The lowest BCUT2D eigenvalue weighted by Gasteiger charge is -2.27. The van der Waals surface area contributed by atoms with Crippen molar-refractivity contribution in [2.24, 2.45) is 0 Å². The van der Waals surface area contributed by atoms with Gasteiger partial charge in [0.15, 0.2) is 0 Å². The van der Waals surface area contributed by atoms with Gasteiger partial charge in [-0.3, -0.25) is 4.79 Å². The zero-order chi connectivity index (χ0) is 19.1. The van der Waals surface area contributed by atoms with Gasteiger partial charge in [0, 0.05) is 24.2 Å². The van der Waals surface area contributed by atoms with Crippen molar-refractivity contribution >= 4 is 35.9 Å². The Labute approximate surface area is 175 Å². The van der Waals surface area contributed by atoms with Crippen molar-refractivity contribution in [3.05, 3.63) is 70.2 Å². The maximum atomic E-state index is 12.0. The number of urea groups is 1. The van der Waals surface area contributed by atoms with Crippen molar-refractivity contribution in [2.45, 2.75) is 19.0 Å². The average Bonchev–Trinajstić information content (AvgIpc) is 2.70. The normalized spacial score (nSPS) is 15.0. The number of nitrogens with one attached hydrogen (secondary N) is 4. The Bertz CT molecular complexity index is 799. The van der Waals surface area contributed by atoms with Gasteiger partial charge in [-0.15, -0.1) is 12.4 Å². The molecule has 1 unspecified atom stereocenters. The van der Waals surface area contributed by atoms with Crippen LogP contribution in [0.5, 0.6) is 0 Å². The minimum Gasteiger partial charge on any atom is -0.353 e. The number of benzene rings is 2. The summed E-state index contributed by atoms with van der Waals surface area (Å²) in [6.45, 7) is 1.68. The highest BCUT2D eigenvalue weighted by Gasteiger charge is 2.19. The zero-order valence-corrected chi connectivity index (χ0v) is 16.9. The number of fused-ring (bicyclic) bond motifs is 1. The number of amides is 3. The average molecular weight is 423 g/mol. The Morgan fingerprint density at radius 1 is 1.04 bits per heavy atom. The molecule has 0 fully saturated rings. The van der Waals surface area contributed by atoms with Crippen LogP contribution in [0.1, 0.15) is 22.7 Å². The molecule has 1 aliphatic heterocycles. The van der Waals surface area contributed by atoms with Gasteiger partial charge in [0.2, 0.25) is 5.91 Å². The van der Waals surface area contributed by atoms with E-state index in [1.165, 1.54) is 11.1 Å². The first-order chi connectivity index (χ1) is 13.1. The highest BCUT2D eigenvalue weighted by Crippen LogP contribution is 2.21. The van der Waals surface area contributed by atoms with Crippen LogP contribution in [0, 0.1) is 0 Å². The second-order valence-corrected chi connectivity index (χ2v) is 6.86. The molecule has 0 saturated carbocycles. The van der Waals surface area contributed by atoms with Gasteiger partial charge in [-0.05, 0) is 41.8 Å². The summed E-state index contributed by atoms with van der Waals surface area (Å²) in [5.41, 5.74) is 3.47. The van der Waals surface area contributed by atoms with Crippen LogP contribution in [0.15, 0.2) is 48.5 Å². The molecule has 3 rings (SSSR count). The topological polar surface area (TPSA) is 82.3 Å². The minimum absolute atomic E-state index is 0. The first kappa shape index (κ1) is 22.0. The molecule has 0 aliphatic carbocycles. The van der Waals surface area contributed by atoms with E-state index in [9.17, 15) is 9.59 Å². The Balaban J connectivity index is 0.00000280. The first-order valence-electron chi connectivity index (χ1n) is 8.96. The van der Waals surface area contributed by atoms with E-state index >= 15 is 0 Å². The van der Waals surface area contributed by atoms with Crippen molar-refractivity contribution in [1.29, 1.82) is 0 Å². The molecule has 0 radical (unpaired) electrons. The zero-order valence-electron chi connectivity index (χ0n) is 15.3. The molecule has 0 bridgehead atoms. The minimum atomic E-state index is -0.388. The number of hydrogen-bond donors (Lipinski definition) is 4. The molecule has 150 valence electrons. The molecule has 8 heteroatoms. The number of carbonyl (C=O) groups is 2. The quantitative estimate of drug-likeness (QED) is 0.577. The van der Waals surface area contributed by atoms with Crippen molar-refractivity contribution in [3.63, 3.8) is 0 Å². The number of rotatable bonds is 6. The van der Waals surface area contributed by atoms with Gasteiger partial charge in [0.25, 0.3) is 0 Å². The molecule has 28 heavy (non-hydrogen) atoms.